The highest BCUT2D eigenvalue weighted by atomic mass is 32.2. The standard InChI is InChI=1S/C30H30F3N7O4S/c1-16(2)39-14-22(30(31,32)33)37-26(39)18-7-8-19(21(11-18)43-3)13-40-27-20(29(9-10-29)45(40,41)42)12-34-25(38-27)23-24(17-5-6-17)35-15-36-28(23)44-4/h7-8,11-12,14-17H,5-6,9-10,13H2,1-4H3. The van der Waals surface area contributed by atoms with Crippen LogP contribution < -0.4 is 13.8 Å². The summed E-state index contributed by atoms with van der Waals surface area (Å²) >= 11 is 0. The Kier molecular flexibility index (Phi) is 6.62. The predicted octanol–water partition coefficient (Wildman–Crippen LogP) is 5.63. The second kappa shape index (κ2) is 10.1. The van der Waals surface area contributed by atoms with Crippen molar-refractivity contribution >= 4 is 15.8 Å². The van der Waals surface area contributed by atoms with E-state index in [9.17, 15) is 21.6 Å². The van der Waals surface area contributed by atoms with Crippen LogP contribution in [0.5, 0.6) is 11.6 Å². The van der Waals surface area contributed by atoms with Crippen LogP contribution in [0.3, 0.4) is 0 Å². The first-order valence-electron chi connectivity index (χ1n) is 14.5. The maximum atomic E-state index is 14.0. The van der Waals surface area contributed by atoms with Gasteiger partial charge in [0.05, 0.1) is 26.5 Å². The summed E-state index contributed by atoms with van der Waals surface area (Å²) in [5.41, 5.74) is 1.75. The molecule has 0 unspecified atom stereocenters. The van der Waals surface area contributed by atoms with Gasteiger partial charge >= 0.3 is 6.18 Å². The minimum absolute atomic E-state index is 0.110. The molecule has 3 aliphatic rings. The Morgan fingerprint density at radius 3 is 2.44 bits per heavy atom. The summed E-state index contributed by atoms with van der Waals surface area (Å²) in [5, 5.41) is 0. The molecule has 0 saturated heterocycles. The third kappa shape index (κ3) is 4.61. The van der Waals surface area contributed by atoms with Gasteiger partial charge in [-0.05, 0) is 45.6 Å². The lowest BCUT2D eigenvalue weighted by molar-refractivity contribution is -0.140. The predicted molar refractivity (Wildman–Crippen MR) is 157 cm³/mol. The molecule has 15 heteroatoms. The van der Waals surface area contributed by atoms with E-state index in [0.29, 0.717) is 46.7 Å². The van der Waals surface area contributed by atoms with Crippen molar-refractivity contribution in [2.75, 3.05) is 18.5 Å². The summed E-state index contributed by atoms with van der Waals surface area (Å²) < 4.78 is 81.4. The molecule has 0 amide bonds. The Morgan fingerprint density at radius 2 is 1.82 bits per heavy atom. The number of imidazole rings is 1. The summed E-state index contributed by atoms with van der Waals surface area (Å²) in [7, 11) is -0.962. The monoisotopic (exact) mass is 641 g/mol. The molecule has 7 rings (SSSR count). The molecule has 0 radical (unpaired) electrons. The van der Waals surface area contributed by atoms with Gasteiger partial charge in [0, 0.05) is 41.0 Å². The lowest BCUT2D eigenvalue weighted by atomic mass is 10.1. The average Bonchev–Trinajstić information content (AvgIpc) is 3.94. The number of alkyl halides is 3. The summed E-state index contributed by atoms with van der Waals surface area (Å²) in [4.78, 5) is 22.0. The summed E-state index contributed by atoms with van der Waals surface area (Å²) in [6.07, 6.45) is 2.22. The number of hydrogen-bond donors (Lipinski definition) is 0. The van der Waals surface area contributed by atoms with Gasteiger partial charge in [-0.2, -0.15) is 13.2 Å². The number of hydrogen-bond acceptors (Lipinski definition) is 9. The van der Waals surface area contributed by atoms with Crippen molar-refractivity contribution in [1.29, 1.82) is 0 Å². The van der Waals surface area contributed by atoms with E-state index in [4.69, 9.17) is 14.5 Å². The minimum Gasteiger partial charge on any atom is -0.496 e. The first-order chi connectivity index (χ1) is 21.4. The first kappa shape index (κ1) is 29.4. The number of nitrogens with zero attached hydrogens (tertiary/aromatic N) is 7. The Hall–Kier alpha value is -4.27. The Bertz CT molecular complexity index is 1940. The molecule has 0 bridgehead atoms. The molecule has 2 aliphatic carbocycles. The summed E-state index contributed by atoms with van der Waals surface area (Å²) in [5.74, 6) is 1.50. The Labute approximate surface area is 257 Å². The largest absolute Gasteiger partial charge is 0.496 e. The third-order valence-electron chi connectivity index (χ3n) is 8.64. The number of sulfonamides is 1. The number of benzene rings is 1. The second-order valence-corrected chi connectivity index (χ2v) is 14.0. The van der Waals surface area contributed by atoms with E-state index < -0.39 is 26.6 Å². The van der Waals surface area contributed by atoms with Gasteiger partial charge in [0.25, 0.3) is 0 Å². The fraction of sp³-hybridized carbons (Fsp3) is 0.433. The average molecular weight is 642 g/mol. The molecule has 4 heterocycles. The number of aromatic nitrogens is 6. The molecule has 1 aliphatic heterocycles. The third-order valence-corrected chi connectivity index (χ3v) is 11.1. The molecule has 1 spiro atoms. The van der Waals surface area contributed by atoms with Crippen LogP contribution in [-0.4, -0.2) is 52.1 Å². The molecule has 0 N–H and O–H groups in total. The van der Waals surface area contributed by atoms with E-state index in [1.165, 1.54) is 29.4 Å². The van der Waals surface area contributed by atoms with Crippen molar-refractivity contribution in [1.82, 2.24) is 29.5 Å². The van der Waals surface area contributed by atoms with Gasteiger partial charge in [0.1, 0.15) is 28.2 Å². The zero-order valence-electron chi connectivity index (χ0n) is 25.0. The fourth-order valence-electron chi connectivity index (χ4n) is 5.99. The zero-order chi connectivity index (χ0) is 31.9. The van der Waals surface area contributed by atoms with Crippen LogP contribution in [0.25, 0.3) is 22.8 Å². The molecule has 45 heavy (non-hydrogen) atoms. The van der Waals surface area contributed by atoms with Gasteiger partial charge in [-0.25, -0.2) is 37.6 Å². The molecule has 236 valence electrons. The molecule has 0 atom stereocenters. The first-order valence-corrected chi connectivity index (χ1v) is 16.0. The fourth-order valence-corrected chi connectivity index (χ4v) is 8.13. The van der Waals surface area contributed by atoms with Gasteiger partial charge in [0.15, 0.2) is 17.3 Å². The van der Waals surface area contributed by atoms with E-state index in [1.54, 1.807) is 38.2 Å². The van der Waals surface area contributed by atoms with E-state index in [2.05, 4.69) is 19.9 Å². The molecular weight excluding hydrogens is 611 g/mol. The number of fused-ring (bicyclic) bond motifs is 2. The van der Waals surface area contributed by atoms with E-state index >= 15 is 0 Å². The van der Waals surface area contributed by atoms with Gasteiger partial charge in [0.2, 0.25) is 15.9 Å². The SMILES string of the molecule is COc1cc(-c2nc(C(F)(F)F)cn2C(C)C)ccc1CN1c2nc(-c3c(OC)ncnc3C3CC3)ncc2C2(CC2)S1(=O)=O. The van der Waals surface area contributed by atoms with Crippen LogP contribution in [0, 0.1) is 0 Å². The number of halogens is 3. The quantitative estimate of drug-likeness (QED) is 0.241. The zero-order valence-corrected chi connectivity index (χ0v) is 25.8. The summed E-state index contributed by atoms with van der Waals surface area (Å²) in [6.45, 7) is 3.42. The van der Waals surface area contributed by atoms with E-state index in [-0.39, 0.29) is 36.0 Å². The maximum Gasteiger partial charge on any atom is 0.434 e. The number of rotatable bonds is 8. The summed E-state index contributed by atoms with van der Waals surface area (Å²) in [6, 6.07) is 4.55. The van der Waals surface area contributed by atoms with Gasteiger partial charge in [-0.1, -0.05) is 12.1 Å². The van der Waals surface area contributed by atoms with Crippen molar-refractivity contribution in [3.63, 3.8) is 0 Å². The minimum atomic E-state index is -4.61. The molecule has 3 aromatic heterocycles. The molecule has 1 aromatic carbocycles. The van der Waals surface area contributed by atoms with Crippen molar-refractivity contribution in [2.24, 2.45) is 0 Å². The van der Waals surface area contributed by atoms with Gasteiger partial charge < -0.3 is 14.0 Å². The number of ether oxygens (including phenoxy) is 2. The van der Waals surface area contributed by atoms with Crippen LogP contribution in [0.1, 0.15) is 74.0 Å². The van der Waals surface area contributed by atoms with E-state index in [0.717, 1.165) is 24.7 Å². The highest BCUT2D eigenvalue weighted by Gasteiger charge is 2.65. The van der Waals surface area contributed by atoms with Crippen LogP contribution >= 0.6 is 0 Å². The highest BCUT2D eigenvalue weighted by molar-refractivity contribution is 7.94. The van der Waals surface area contributed by atoms with Crippen LogP contribution in [0.4, 0.5) is 19.0 Å². The lowest BCUT2D eigenvalue weighted by Crippen LogP contribution is -2.31. The van der Waals surface area contributed by atoms with Crippen molar-refractivity contribution in [3.05, 3.63) is 59.4 Å². The maximum absolute atomic E-state index is 14.0. The van der Waals surface area contributed by atoms with Crippen LogP contribution in [-0.2, 0) is 27.5 Å². The molecule has 2 saturated carbocycles. The van der Waals surface area contributed by atoms with Crippen molar-refractivity contribution in [2.45, 2.75) is 69.0 Å². The lowest BCUT2D eigenvalue weighted by Gasteiger charge is -2.21. The van der Waals surface area contributed by atoms with Gasteiger partial charge in [-0.3, -0.25) is 0 Å². The Morgan fingerprint density at radius 1 is 1.07 bits per heavy atom. The van der Waals surface area contributed by atoms with Crippen LogP contribution in [0.15, 0.2) is 36.9 Å². The number of methoxy groups -OCH3 is 2. The molecular formula is C30H30F3N7O4S. The van der Waals surface area contributed by atoms with E-state index in [1.807, 2.05) is 0 Å². The van der Waals surface area contributed by atoms with Crippen molar-refractivity contribution < 1.29 is 31.1 Å². The Balaban J connectivity index is 1.30. The van der Waals surface area contributed by atoms with Crippen LogP contribution in [0.2, 0.25) is 0 Å². The smallest absolute Gasteiger partial charge is 0.434 e. The second-order valence-electron chi connectivity index (χ2n) is 11.8. The van der Waals surface area contributed by atoms with Gasteiger partial charge in [-0.15, -0.1) is 0 Å². The van der Waals surface area contributed by atoms with Crippen molar-refractivity contribution in [3.8, 4) is 34.4 Å². The topological polar surface area (TPSA) is 125 Å². The highest BCUT2D eigenvalue weighted by Crippen LogP contribution is 2.61. The molecule has 11 nitrogen and oxygen atoms in total. The normalized spacial score (nSPS) is 18.0. The molecule has 2 fully saturated rings. The number of anilines is 1. The molecule has 4 aromatic rings.